The van der Waals surface area contributed by atoms with Crippen LogP contribution in [-0.2, 0) is 16.4 Å². The predicted octanol–water partition coefficient (Wildman–Crippen LogP) is 4.47. The van der Waals surface area contributed by atoms with Crippen LogP contribution >= 0.6 is 0 Å². The molecule has 1 heterocycles. The van der Waals surface area contributed by atoms with Gasteiger partial charge in [-0.3, -0.25) is 4.98 Å². The van der Waals surface area contributed by atoms with E-state index in [-0.39, 0.29) is 10.5 Å². The summed E-state index contributed by atoms with van der Waals surface area (Å²) in [5, 5.41) is 9.65. The van der Waals surface area contributed by atoms with Crippen LogP contribution in [0.3, 0.4) is 0 Å². The average Bonchev–Trinajstić information content (AvgIpc) is 3.16. The van der Waals surface area contributed by atoms with Crippen molar-refractivity contribution < 1.29 is 4.43 Å². The number of rotatable bonds is 4. The van der Waals surface area contributed by atoms with E-state index in [1.54, 1.807) is 0 Å². The monoisotopic (exact) mass is 302 g/mol. The summed E-state index contributed by atoms with van der Waals surface area (Å²) in [6, 6.07) is 4.47. The average molecular weight is 302 g/mol. The molecule has 4 heteroatoms. The van der Waals surface area contributed by atoms with Crippen LogP contribution in [0, 0.1) is 18.3 Å². The summed E-state index contributed by atoms with van der Waals surface area (Å²) < 4.78 is 6.36. The van der Waals surface area contributed by atoms with Gasteiger partial charge in [0.05, 0.1) is 23.8 Å². The van der Waals surface area contributed by atoms with Gasteiger partial charge in [-0.2, -0.15) is 5.26 Å². The second-order valence-corrected chi connectivity index (χ2v) is 12.5. The first-order chi connectivity index (χ1) is 9.63. The fourth-order valence-corrected chi connectivity index (χ4v) is 3.12. The van der Waals surface area contributed by atoms with Gasteiger partial charge in [0.1, 0.15) is 0 Å². The summed E-state index contributed by atoms with van der Waals surface area (Å²) in [4.78, 5) is 4.52. The topological polar surface area (TPSA) is 45.9 Å². The number of nitriles is 1. The molecule has 1 saturated carbocycles. The highest BCUT2D eigenvalue weighted by Gasteiger charge is 2.48. The highest BCUT2D eigenvalue weighted by atomic mass is 28.4. The van der Waals surface area contributed by atoms with Crippen molar-refractivity contribution in [1.29, 1.82) is 5.26 Å². The molecule has 0 aromatic carbocycles. The summed E-state index contributed by atoms with van der Waals surface area (Å²) in [7, 11) is -1.79. The standard InChI is InChI=1S/C17H26N2OSi/c1-13-7-10-19-15(17(12-18)8-9-17)14(13)11-20-21(5,6)16(2,3)4/h7,10H,8-9,11H2,1-6H3. The van der Waals surface area contributed by atoms with E-state index in [1.165, 1.54) is 5.56 Å². The van der Waals surface area contributed by atoms with Crippen LogP contribution in [0.1, 0.15) is 50.4 Å². The van der Waals surface area contributed by atoms with Crippen molar-refractivity contribution >= 4 is 8.32 Å². The van der Waals surface area contributed by atoms with Gasteiger partial charge in [0.15, 0.2) is 8.32 Å². The molecule has 0 saturated heterocycles. The van der Waals surface area contributed by atoms with Crippen molar-refractivity contribution in [2.45, 2.75) is 70.7 Å². The minimum absolute atomic E-state index is 0.190. The van der Waals surface area contributed by atoms with Crippen LogP contribution < -0.4 is 0 Å². The molecule has 0 radical (unpaired) electrons. The fraction of sp³-hybridized carbons (Fsp3) is 0.647. The number of aromatic nitrogens is 1. The number of hydrogen-bond acceptors (Lipinski definition) is 3. The van der Waals surface area contributed by atoms with Gasteiger partial charge < -0.3 is 4.43 Å². The van der Waals surface area contributed by atoms with Gasteiger partial charge in [-0.1, -0.05) is 20.8 Å². The Morgan fingerprint density at radius 2 is 2.00 bits per heavy atom. The van der Waals surface area contributed by atoms with Crippen LogP contribution in [-0.4, -0.2) is 13.3 Å². The second-order valence-electron chi connectivity index (χ2n) is 7.70. The van der Waals surface area contributed by atoms with Crippen molar-refractivity contribution in [3.8, 4) is 6.07 Å². The first-order valence-electron chi connectivity index (χ1n) is 7.63. The van der Waals surface area contributed by atoms with E-state index in [9.17, 15) is 5.26 Å². The summed E-state index contributed by atoms with van der Waals surface area (Å²) in [5.41, 5.74) is 2.91. The van der Waals surface area contributed by atoms with Crippen molar-refractivity contribution in [2.75, 3.05) is 0 Å². The molecule has 2 rings (SSSR count). The Kier molecular flexibility index (Phi) is 4.03. The van der Waals surface area contributed by atoms with E-state index in [0.717, 1.165) is 24.1 Å². The third-order valence-corrected chi connectivity index (χ3v) is 9.57. The largest absolute Gasteiger partial charge is 0.412 e. The number of hydrogen-bond donors (Lipinski definition) is 0. The van der Waals surface area contributed by atoms with E-state index in [4.69, 9.17) is 4.43 Å². The third kappa shape index (κ3) is 3.04. The number of aryl methyl sites for hydroxylation is 1. The predicted molar refractivity (Wildman–Crippen MR) is 87.5 cm³/mol. The minimum atomic E-state index is -1.79. The normalized spacial score (nSPS) is 17.4. The van der Waals surface area contributed by atoms with Crippen molar-refractivity contribution in [3.63, 3.8) is 0 Å². The molecule has 21 heavy (non-hydrogen) atoms. The van der Waals surface area contributed by atoms with E-state index in [0.29, 0.717) is 6.61 Å². The molecule has 1 aromatic heterocycles. The van der Waals surface area contributed by atoms with Crippen molar-refractivity contribution in [3.05, 3.63) is 29.1 Å². The second kappa shape index (κ2) is 5.22. The summed E-state index contributed by atoms with van der Waals surface area (Å²) >= 11 is 0. The van der Waals surface area contributed by atoms with Gasteiger partial charge in [0.25, 0.3) is 0 Å². The molecule has 1 aliphatic carbocycles. The lowest BCUT2D eigenvalue weighted by atomic mass is 9.96. The maximum atomic E-state index is 9.46. The lowest BCUT2D eigenvalue weighted by Gasteiger charge is -2.36. The lowest BCUT2D eigenvalue weighted by Crippen LogP contribution is -2.40. The highest BCUT2D eigenvalue weighted by Crippen LogP contribution is 2.48. The Labute approximate surface area is 129 Å². The third-order valence-electron chi connectivity index (χ3n) is 5.09. The highest BCUT2D eigenvalue weighted by molar-refractivity contribution is 6.74. The van der Waals surface area contributed by atoms with Gasteiger partial charge in [0.2, 0.25) is 0 Å². The fourth-order valence-electron chi connectivity index (χ4n) is 2.18. The van der Waals surface area contributed by atoms with Crippen molar-refractivity contribution in [2.24, 2.45) is 0 Å². The molecule has 1 fully saturated rings. The van der Waals surface area contributed by atoms with Crippen LogP contribution in [0.15, 0.2) is 12.3 Å². The summed E-state index contributed by atoms with van der Waals surface area (Å²) in [6.45, 7) is 13.9. The molecule has 1 aromatic rings. The molecular formula is C17H26N2OSi. The molecule has 0 bridgehead atoms. The Hall–Kier alpha value is -1.18. The van der Waals surface area contributed by atoms with E-state index >= 15 is 0 Å². The summed E-state index contributed by atoms with van der Waals surface area (Å²) in [6.07, 6.45) is 3.66. The zero-order chi connectivity index (χ0) is 15.9. The Morgan fingerprint density at radius 3 is 2.48 bits per heavy atom. The molecule has 1 aliphatic rings. The van der Waals surface area contributed by atoms with Gasteiger partial charge in [-0.15, -0.1) is 0 Å². The molecule has 3 nitrogen and oxygen atoms in total. The Balaban J connectivity index is 2.28. The number of pyridine rings is 1. The first-order valence-corrected chi connectivity index (χ1v) is 10.5. The maximum Gasteiger partial charge on any atom is 0.192 e. The van der Waals surface area contributed by atoms with Crippen LogP contribution in [0.4, 0.5) is 0 Å². The Bertz CT molecular complexity index is 577. The van der Waals surface area contributed by atoms with Gasteiger partial charge >= 0.3 is 0 Å². The van der Waals surface area contributed by atoms with Gasteiger partial charge in [0, 0.05) is 11.8 Å². The summed E-state index contributed by atoms with van der Waals surface area (Å²) in [5.74, 6) is 0. The molecular weight excluding hydrogens is 276 g/mol. The van der Waals surface area contributed by atoms with Crippen molar-refractivity contribution in [1.82, 2.24) is 4.98 Å². The van der Waals surface area contributed by atoms with E-state index in [2.05, 4.69) is 51.8 Å². The lowest BCUT2D eigenvalue weighted by molar-refractivity contribution is 0.273. The zero-order valence-electron chi connectivity index (χ0n) is 14.1. The molecule has 0 N–H and O–H groups in total. The SMILES string of the molecule is Cc1ccnc(C2(C#N)CC2)c1CO[Si](C)(C)C(C)(C)C. The minimum Gasteiger partial charge on any atom is -0.412 e. The van der Waals surface area contributed by atoms with Crippen LogP contribution in [0.5, 0.6) is 0 Å². The quantitative estimate of drug-likeness (QED) is 0.771. The molecule has 0 amide bonds. The molecule has 0 aliphatic heterocycles. The Morgan fingerprint density at radius 1 is 1.38 bits per heavy atom. The van der Waals surface area contributed by atoms with Gasteiger partial charge in [-0.05, 0) is 49.5 Å². The molecule has 0 unspecified atom stereocenters. The van der Waals surface area contributed by atoms with Gasteiger partial charge in [-0.25, -0.2) is 0 Å². The molecule has 114 valence electrons. The first kappa shape index (κ1) is 16.2. The maximum absolute atomic E-state index is 9.46. The van der Waals surface area contributed by atoms with E-state index in [1.807, 2.05) is 12.3 Å². The smallest absolute Gasteiger partial charge is 0.192 e. The molecule has 0 spiro atoms. The number of nitrogens with zero attached hydrogens (tertiary/aromatic N) is 2. The van der Waals surface area contributed by atoms with E-state index < -0.39 is 8.32 Å². The van der Waals surface area contributed by atoms with Crippen LogP contribution in [0.25, 0.3) is 0 Å². The molecule has 0 atom stereocenters. The van der Waals surface area contributed by atoms with Crippen LogP contribution in [0.2, 0.25) is 18.1 Å². The zero-order valence-corrected chi connectivity index (χ0v) is 15.1.